The molecule has 6 heteroatoms. The highest BCUT2D eigenvalue weighted by Crippen LogP contribution is 2.29. The van der Waals surface area contributed by atoms with E-state index in [1.165, 1.54) is 11.3 Å². The Morgan fingerprint density at radius 1 is 1.38 bits per heavy atom. The number of hydrogen-bond acceptors (Lipinski definition) is 3. The molecular weight excluding hydrogens is 342 g/mol. The minimum absolute atomic E-state index is 0.229. The number of hydrogen-bond donors (Lipinski definition) is 1. The SMILES string of the molecule is Cc1cn[nH]c1C1CCN(C(=O)CSCc2ccccc2Cl)CC1. The van der Waals surface area contributed by atoms with Crippen LogP contribution < -0.4 is 0 Å². The van der Waals surface area contributed by atoms with Crippen molar-refractivity contribution in [3.63, 3.8) is 0 Å². The molecule has 1 aliphatic rings. The van der Waals surface area contributed by atoms with Crippen LogP contribution in [0.1, 0.15) is 35.6 Å². The van der Waals surface area contributed by atoms with Crippen LogP contribution in [0.25, 0.3) is 0 Å². The van der Waals surface area contributed by atoms with Gasteiger partial charge < -0.3 is 4.90 Å². The fourth-order valence-electron chi connectivity index (χ4n) is 3.14. The molecule has 1 amide bonds. The number of aromatic nitrogens is 2. The van der Waals surface area contributed by atoms with E-state index in [1.54, 1.807) is 11.8 Å². The third-order valence-corrected chi connectivity index (χ3v) is 5.90. The lowest BCUT2D eigenvalue weighted by Gasteiger charge is -2.31. The average Bonchev–Trinajstić information content (AvgIpc) is 3.03. The lowest BCUT2D eigenvalue weighted by molar-refractivity contribution is -0.129. The first kappa shape index (κ1) is 17.4. The van der Waals surface area contributed by atoms with E-state index in [1.807, 2.05) is 35.4 Å². The van der Waals surface area contributed by atoms with Crippen molar-refractivity contribution >= 4 is 29.3 Å². The zero-order valence-corrected chi connectivity index (χ0v) is 15.4. The third-order valence-electron chi connectivity index (χ3n) is 4.56. The van der Waals surface area contributed by atoms with Gasteiger partial charge in [-0.1, -0.05) is 29.8 Å². The molecular formula is C18H22ClN3OS. The molecule has 0 atom stereocenters. The van der Waals surface area contributed by atoms with Gasteiger partial charge in [0.15, 0.2) is 0 Å². The van der Waals surface area contributed by atoms with E-state index in [-0.39, 0.29) is 5.91 Å². The number of likely N-dealkylation sites (tertiary alicyclic amines) is 1. The zero-order chi connectivity index (χ0) is 16.9. The molecule has 1 fully saturated rings. The molecule has 3 rings (SSSR count). The fourth-order valence-corrected chi connectivity index (χ4v) is 4.35. The quantitative estimate of drug-likeness (QED) is 0.873. The summed E-state index contributed by atoms with van der Waals surface area (Å²) in [5.74, 6) is 2.01. The van der Waals surface area contributed by atoms with Crippen molar-refractivity contribution < 1.29 is 4.79 Å². The highest BCUT2D eigenvalue weighted by molar-refractivity contribution is 7.99. The van der Waals surface area contributed by atoms with Gasteiger partial charge in [-0.3, -0.25) is 9.89 Å². The molecule has 1 aliphatic heterocycles. The van der Waals surface area contributed by atoms with Crippen molar-refractivity contribution in [2.24, 2.45) is 0 Å². The number of amides is 1. The van der Waals surface area contributed by atoms with Crippen molar-refractivity contribution in [1.82, 2.24) is 15.1 Å². The Hall–Kier alpha value is -1.46. The number of H-pyrrole nitrogens is 1. The Kier molecular flexibility index (Phi) is 5.85. The van der Waals surface area contributed by atoms with Gasteiger partial charge in [-0.05, 0) is 37.0 Å². The average molecular weight is 364 g/mol. The minimum Gasteiger partial charge on any atom is -0.342 e. The maximum absolute atomic E-state index is 12.4. The second-order valence-electron chi connectivity index (χ2n) is 6.21. The molecule has 0 unspecified atom stereocenters. The number of thioether (sulfide) groups is 1. The van der Waals surface area contributed by atoms with Crippen LogP contribution in [0.4, 0.5) is 0 Å². The molecule has 2 aromatic rings. The van der Waals surface area contributed by atoms with Gasteiger partial charge in [0.2, 0.25) is 5.91 Å². The Bertz CT molecular complexity index is 695. The van der Waals surface area contributed by atoms with E-state index in [0.717, 1.165) is 42.3 Å². The summed E-state index contributed by atoms with van der Waals surface area (Å²) in [4.78, 5) is 14.4. The van der Waals surface area contributed by atoms with Gasteiger partial charge in [0, 0.05) is 35.5 Å². The highest BCUT2D eigenvalue weighted by Gasteiger charge is 2.25. The number of aryl methyl sites for hydroxylation is 1. The van der Waals surface area contributed by atoms with Crippen molar-refractivity contribution in [2.75, 3.05) is 18.8 Å². The smallest absolute Gasteiger partial charge is 0.232 e. The van der Waals surface area contributed by atoms with Gasteiger partial charge in [0.25, 0.3) is 0 Å². The van der Waals surface area contributed by atoms with Crippen LogP contribution in [0.15, 0.2) is 30.5 Å². The number of benzene rings is 1. The molecule has 128 valence electrons. The summed E-state index contributed by atoms with van der Waals surface area (Å²) in [5.41, 5.74) is 3.54. The molecule has 2 heterocycles. The van der Waals surface area contributed by atoms with Crippen LogP contribution >= 0.6 is 23.4 Å². The zero-order valence-electron chi connectivity index (χ0n) is 13.8. The summed E-state index contributed by atoms with van der Waals surface area (Å²) in [6, 6.07) is 7.80. The maximum atomic E-state index is 12.4. The fraction of sp³-hybridized carbons (Fsp3) is 0.444. The van der Waals surface area contributed by atoms with Gasteiger partial charge >= 0.3 is 0 Å². The normalized spacial score (nSPS) is 15.7. The lowest BCUT2D eigenvalue weighted by Crippen LogP contribution is -2.39. The number of nitrogens with one attached hydrogen (secondary N) is 1. The Labute approximate surface area is 152 Å². The highest BCUT2D eigenvalue weighted by atomic mass is 35.5. The Morgan fingerprint density at radius 2 is 2.12 bits per heavy atom. The largest absolute Gasteiger partial charge is 0.342 e. The Balaban J connectivity index is 1.44. The van der Waals surface area contributed by atoms with E-state index >= 15 is 0 Å². The second kappa shape index (κ2) is 8.08. The second-order valence-corrected chi connectivity index (χ2v) is 7.60. The lowest BCUT2D eigenvalue weighted by atomic mass is 9.92. The summed E-state index contributed by atoms with van der Waals surface area (Å²) in [6.07, 6.45) is 3.88. The monoisotopic (exact) mass is 363 g/mol. The van der Waals surface area contributed by atoms with Gasteiger partial charge in [0.05, 0.1) is 11.9 Å². The predicted molar refractivity (Wildman–Crippen MR) is 99.5 cm³/mol. The summed E-state index contributed by atoms with van der Waals surface area (Å²) >= 11 is 7.78. The van der Waals surface area contributed by atoms with Crippen molar-refractivity contribution in [3.05, 3.63) is 52.3 Å². The summed E-state index contributed by atoms with van der Waals surface area (Å²) in [5, 5.41) is 7.99. The van der Waals surface area contributed by atoms with E-state index in [9.17, 15) is 4.79 Å². The molecule has 0 saturated carbocycles. The van der Waals surface area contributed by atoms with Crippen LogP contribution in [0, 0.1) is 6.92 Å². The van der Waals surface area contributed by atoms with Crippen molar-refractivity contribution in [2.45, 2.75) is 31.4 Å². The van der Waals surface area contributed by atoms with Gasteiger partial charge in [-0.25, -0.2) is 0 Å². The third kappa shape index (κ3) is 4.14. The number of carbonyl (C=O) groups excluding carboxylic acids is 1. The van der Waals surface area contributed by atoms with Crippen molar-refractivity contribution in [3.8, 4) is 0 Å². The van der Waals surface area contributed by atoms with E-state index in [0.29, 0.717) is 11.7 Å². The topological polar surface area (TPSA) is 49.0 Å². The summed E-state index contributed by atoms with van der Waals surface area (Å²) in [6.45, 7) is 3.74. The standard InChI is InChI=1S/C18H22ClN3OS/c1-13-10-20-21-18(13)14-6-8-22(9-7-14)17(23)12-24-11-15-4-2-3-5-16(15)19/h2-5,10,14H,6-9,11-12H2,1H3,(H,20,21). The first-order valence-corrected chi connectivity index (χ1v) is 9.77. The van der Waals surface area contributed by atoms with Gasteiger partial charge in [-0.2, -0.15) is 5.10 Å². The van der Waals surface area contributed by atoms with E-state index in [2.05, 4.69) is 17.1 Å². The molecule has 24 heavy (non-hydrogen) atoms. The summed E-state index contributed by atoms with van der Waals surface area (Å²) in [7, 11) is 0. The number of nitrogens with zero attached hydrogens (tertiary/aromatic N) is 2. The van der Waals surface area contributed by atoms with E-state index in [4.69, 9.17) is 11.6 Å². The molecule has 0 spiro atoms. The van der Waals surface area contributed by atoms with Crippen LogP contribution in [0.3, 0.4) is 0 Å². The van der Waals surface area contributed by atoms with Gasteiger partial charge in [-0.15, -0.1) is 11.8 Å². The number of piperidine rings is 1. The molecule has 1 N–H and O–H groups in total. The molecule has 4 nitrogen and oxygen atoms in total. The number of rotatable bonds is 5. The minimum atomic E-state index is 0.229. The molecule has 0 radical (unpaired) electrons. The summed E-state index contributed by atoms with van der Waals surface area (Å²) < 4.78 is 0. The van der Waals surface area contributed by atoms with Crippen LogP contribution in [0.5, 0.6) is 0 Å². The number of carbonyl (C=O) groups is 1. The molecule has 1 aromatic carbocycles. The first-order valence-electron chi connectivity index (χ1n) is 8.24. The van der Waals surface area contributed by atoms with Crippen LogP contribution in [0.2, 0.25) is 5.02 Å². The number of aromatic amines is 1. The molecule has 0 aliphatic carbocycles. The molecule has 0 bridgehead atoms. The van der Waals surface area contributed by atoms with Crippen LogP contribution in [-0.2, 0) is 10.5 Å². The predicted octanol–water partition coefficient (Wildman–Crippen LogP) is 4.01. The van der Waals surface area contributed by atoms with E-state index < -0.39 is 0 Å². The van der Waals surface area contributed by atoms with Crippen molar-refractivity contribution in [1.29, 1.82) is 0 Å². The first-order chi connectivity index (χ1) is 11.6. The number of halogens is 1. The Morgan fingerprint density at radius 3 is 2.79 bits per heavy atom. The van der Waals surface area contributed by atoms with Gasteiger partial charge in [0.1, 0.15) is 0 Å². The maximum Gasteiger partial charge on any atom is 0.232 e. The van der Waals surface area contributed by atoms with Crippen LogP contribution in [-0.4, -0.2) is 39.8 Å². The molecule has 1 aromatic heterocycles. The molecule has 1 saturated heterocycles.